The van der Waals surface area contributed by atoms with Gasteiger partial charge >= 0.3 is 0 Å². The predicted molar refractivity (Wildman–Crippen MR) is 89.2 cm³/mol. The van der Waals surface area contributed by atoms with Crippen LogP contribution in [0.25, 0.3) is 0 Å². The van der Waals surface area contributed by atoms with Crippen molar-refractivity contribution in [3.05, 3.63) is 0 Å². The van der Waals surface area contributed by atoms with Crippen molar-refractivity contribution in [2.45, 2.75) is 110 Å². The molecule has 0 atom stereocenters. The van der Waals surface area contributed by atoms with Crippen LogP contribution < -0.4 is 0 Å². The number of hydrogen-bond acceptors (Lipinski definition) is 0. The Morgan fingerprint density at radius 1 is 0.500 bits per heavy atom. The molecule has 18 heavy (non-hydrogen) atoms. The molecule has 0 aliphatic rings. The van der Waals surface area contributed by atoms with E-state index in [1.165, 1.54) is 70.6 Å². The molecule has 110 valence electrons. The molecule has 0 saturated heterocycles. The van der Waals surface area contributed by atoms with Crippen molar-refractivity contribution in [2.24, 2.45) is 0 Å². The quantitative estimate of drug-likeness (QED) is 0.249. The lowest BCUT2D eigenvalue weighted by molar-refractivity contribution is 0.571. The van der Waals surface area contributed by atoms with Gasteiger partial charge in [-0.15, -0.1) is 0 Å². The molecule has 0 aromatic rings. The zero-order valence-corrected chi connectivity index (χ0v) is 14.7. The fraction of sp³-hybridized carbons (Fsp3) is 1.00. The maximum absolute atomic E-state index is 2.59. The average molecular weight is 271 g/mol. The van der Waals surface area contributed by atoms with Crippen LogP contribution in [0.1, 0.15) is 84.5 Å². The number of unbranched alkanes of at least 4 members (excludes halogenated alkanes) is 9. The van der Waals surface area contributed by atoms with Crippen molar-refractivity contribution in [3.63, 3.8) is 0 Å². The minimum atomic E-state index is -0.810. The third-order valence-corrected chi connectivity index (χ3v) is 7.58. The molecular formula is C17H38Si. The summed E-state index contributed by atoms with van der Waals surface area (Å²) in [6, 6.07) is 3.13. The van der Waals surface area contributed by atoms with E-state index in [4.69, 9.17) is 0 Å². The van der Waals surface area contributed by atoms with Crippen molar-refractivity contribution in [2.75, 3.05) is 0 Å². The highest BCUT2D eigenvalue weighted by molar-refractivity contribution is 6.77. The minimum Gasteiger partial charge on any atom is -0.0693 e. The normalized spacial score (nSPS) is 12.0. The predicted octanol–water partition coefficient (Wildman–Crippen LogP) is 7.03. The lowest BCUT2D eigenvalue weighted by atomic mass is 10.1. The van der Waals surface area contributed by atoms with E-state index in [2.05, 4.69) is 26.9 Å². The average Bonchev–Trinajstić information content (AvgIpc) is 2.34. The van der Waals surface area contributed by atoms with Crippen LogP contribution in [-0.2, 0) is 0 Å². The van der Waals surface area contributed by atoms with Crippen LogP contribution in [0, 0.1) is 0 Å². The van der Waals surface area contributed by atoms with Crippen LogP contribution in [0.5, 0.6) is 0 Å². The van der Waals surface area contributed by atoms with Crippen molar-refractivity contribution in [1.29, 1.82) is 0 Å². The van der Waals surface area contributed by atoms with Gasteiger partial charge in [0.2, 0.25) is 0 Å². The molecule has 0 heterocycles. The van der Waals surface area contributed by atoms with Crippen LogP contribution in [-0.4, -0.2) is 8.07 Å². The van der Waals surface area contributed by atoms with E-state index in [1.54, 1.807) is 12.1 Å². The summed E-state index contributed by atoms with van der Waals surface area (Å²) in [5.41, 5.74) is 0. The van der Waals surface area contributed by atoms with Crippen molar-refractivity contribution in [3.8, 4) is 0 Å². The summed E-state index contributed by atoms with van der Waals surface area (Å²) in [7, 11) is -0.810. The molecule has 0 aromatic heterocycles. The van der Waals surface area contributed by atoms with Crippen LogP contribution in [0.15, 0.2) is 0 Å². The Morgan fingerprint density at radius 3 is 1.39 bits per heavy atom. The second-order valence-corrected chi connectivity index (χ2v) is 12.2. The molecule has 0 aliphatic carbocycles. The van der Waals surface area contributed by atoms with E-state index in [-0.39, 0.29) is 0 Å². The van der Waals surface area contributed by atoms with E-state index in [1.807, 2.05) is 0 Å². The molecule has 0 spiro atoms. The molecule has 0 N–H and O–H groups in total. The molecule has 0 amide bonds. The summed E-state index contributed by atoms with van der Waals surface area (Å²) < 4.78 is 0. The first-order valence-electron chi connectivity index (χ1n) is 8.62. The Morgan fingerprint density at radius 2 is 0.889 bits per heavy atom. The van der Waals surface area contributed by atoms with Gasteiger partial charge < -0.3 is 0 Å². The second kappa shape index (κ2) is 12.3. The summed E-state index contributed by atoms with van der Waals surface area (Å²) in [4.78, 5) is 0. The molecule has 0 rings (SSSR count). The minimum absolute atomic E-state index is 0.810. The molecule has 1 heteroatoms. The van der Waals surface area contributed by atoms with E-state index in [0.717, 1.165) is 0 Å². The van der Waals surface area contributed by atoms with E-state index >= 15 is 0 Å². The van der Waals surface area contributed by atoms with Gasteiger partial charge in [-0.2, -0.15) is 0 Å². The van der Waals surface area contributed by atoms with Crippen LogP contribution >= 0.6 is 0 Å². The van der Waals surface area contributed by atoms with Gasteiger partial charge in [0, 0.05) is 8.07 Å². The second-order valence-electron chi connectivity index (χ2n) is 6.85. The van der Waals surface area contributed by atoms with Gasteiger partial charge in [0.05, 0.1) is 0 Å². The van der Waals surface area contributed by atoms with Crippen molar-refractivity contribution >= 4 is 8.07 Å². The summed E-state index contributed by atoms with van der Waals surface area (Å²) in [5.74, 6) is 0. The highest BCUT2D eigenvalue weighted by Gasteiger charge is 2.18. The van der Waals surface area contributed by atoms with E-state index < -0.39 is 8.07 Å². The van der Waals surface area contributed by atoms with Crippen LogP contribution in [0.3, 0.4) is 0 Å². The van der Waals surface area contributed by atoms with Gasteiger partial charge in [-0.1, -0.05) is 110 Å². The molecule has 0 unspecified atom stereocenters. The zero-order chi connectivity index (χ0) is 13.7. The third kappa shape index (κ3) is 12.7. The largest absolute Gasteiger partial charge is 0.0693 e. The molecule has 0 nitrogen and oxygen atoms in total. The summed E-state index contributed by atoms with van der Waals surface area (Å²) in [5, 5.41) is 0. The van der Waals surface area contributed by atoms with Gasteiger partial charge in [-0.3, -0.25) is 0 Å². The topological polar surface area (TPSA) is 0 Å². The standard InChI is InChI=1S/C17H38Si/c1-5-7-9-10-11-12-13-14-15-17-18(3,4)16-8-6-2/h5-17H2,1-4H3. The molecular weight excluding hydrogens is 232 g/mol. The van der Waals surface area contributed by atoms with Gasteiger partial charge in [-0.05, 0) is 0 Å². The number of hydrogen-bond donors (Lipinski definition) is 0. The Hall–Kier alpha value is 0.217. The fourth-order valence-corrected chi connectivity index (χ4v) is 5.46. The molecule has 0 aliphatic heterocycles. The first-order valence-corrected chi connectivity index (χ1v) is 12.0. The van der Waals surface area contributed by atoms with Crippen LogP contribution in [0.2, 0.25) is 25.2 Å². The Balaban J connectivity index is 3.23. The number of rotatable bonds is 13. The first-order chi connectivity index (χ1) is 8.62. The molecule has 0 aromatic carbocycles. The van der Waals surface area contributed by atoms with E-state index in [9.17, 15) is 0 Å². The molecule has 0 saturated carbocycles. The lowest BCUT2D eigenvalue weighted by Crippen LogP contribution is -2.24. The van der Waals surface area contributed by atoms with Gasteiger partial charge in [-0.25, -0.2) is 0 Å². The first kappa shape index (κ1) is 18.2. The monoisotopic (exact) mass is 270 g/mol. The Labute approximate surface area is 118 Å². The summed E-state index contributed by atoms with van der Waals surface area (Å²) in [6.07, 6.45) is 16.1. The SMILES string of the molecule is CCCCCCCCCCC[Si](C)(C)CCCC. The van der Waals surface area contributed by atoms with Gasteiger partial charge in [0.1, 0.15) is 0 Å². The Bertz CT molecular complexity index is 163. The zero-order valence-electron chi connectivity index (χ0n) is 13.7. The summed E-state index contributed by atoms with van der Waals surface area (Å²) in [6.45, 7) is 9.80. The maximum atomic E-state index is 2.59. The molecule has 0 radical (unpaired) electrons. The van der Waals surface area contributed by atoms with Gasteiger partial charge in [0.25, 0.3) is 0 Å². The van der Waals surface area contributed by atoms with Crippen molar-refractivity contribution < 1.29 is 0 Å². The third-order valence-electron chi connectivity index (χ3n) is 4.16. The molecule has 0 bridgehead atoms. The smallest absolute Gasteiger partial charge is 0.0473 e. The van der Waals surface area contributed by atoms with Gasteiger partial charge in [0.15, 0.2) is 0 Å². The van der Waals surface area contributed by atoms with Crippen LogP contribution in [0.4, 0.5) is 0 Å². The fourth-order valence-electron chi connectivity index (χ4n) is 2.69. The summed E-state index contributed by atoms with van der Waals surface area (Å²) >= 11 is 0. The highest BCUT2D eigenvalue weighted by atomic mass is 28.3. The highest BCUT2D eigenvalue weighted by Crippen LogP contribution is 2.22. The molecule has 0 fully saturated rings. The maximum Gasteiger partial charge on any atom is 0.0473 e. The van der Waals surface area contributed by atoms with E-state index in [0.29, 0.717) is 0 Å². The van der Waals surface area contributed by atoms with Crippen molar-refractivity contribution in [1.82, 2.24) is 0 Å². The lowest BCUT2D eigenvalue weighted by Gasteiger charge is -2.21. The Kier molecular flexibility index (Phi) is 12.4.